The summed E-state index contributed by atoms with van der Waals surface area (Å²) in [4.78, 5) is 15.6. The fraction of sp³-hybridized carbons (Fsp3) is 0.0769. The number of hydrogen-bond acceptors (Lipinski definition) is 3. The van der Waals surface area contributed by atoms with Crippen molar-refractivity contribution in [2.75, 3.05) is 0 Å². The lowest BCUT2D eigenvalue weighted by molar-refractivity contribution is 0.0465. The average Bonchev–Trinajstić information content (AvgIpc) is 2.37. The van der Waals surface area contributed by atoms with Crippen molar-refractivity contribution in [3.05, 3.63) is 63.3 Å². The van der Waals surface area contributed by atoms with Crippen LogP contribution in [0.3, 0.4) is 0 Å². The van der Waals surface area contributed by atoms with E-state index in [9.17, 15) is 4.79 Å². The minimum Gasteiger partial charge on any atom is -0.456 e. The summed E-state index contributed by atoms with van der Waals surface area (Å²) in [5, 5.41) is 0.269. The van der Waals surface area contributed by atoms with Crippen LogP contribution in [-0.2, 0) is 11.3 Å². The normalized spacial score (nSPS) is 10.1. The van der Waals surface area contributed by atoms with Crippen LogP contribution in [0, 0.1) is 0 Å². The molecule has 0 spiro atoms. The number of pyridine rings is 1. The Labute approximate surface area is 118 Å². The largest absolute Gasteiger partial charge is 0.456 e. The Hall–Kier alpha value is -1.39. The Morgan fingerprint density at radius 1 is 1.22 bits per heavy atom. The zero-order valence-electron chi connectivity index (χ0n) is 9.27. The molecule has 0 saturated heterocycles. The second-order valence-corrected chi connectivity index (χ2v) is 4.75. The highest BCUT2D eigenvalue weighted by molar-refractivity contribution is 9.10. The van der Waals surface area contributed by atoms with Gasteiger partial charge in [-0.25, -0.2) is 9.78 Å². The summed E-state index contributed by atoms with van der Waals surface area (Å²) in [5.74, 6) is -0.492. The molecule has 1 aromatic carbocycles. The second-order valence-electron chi connectivity index (χ2n) is 3.51. The minimum absolute atomic E-state index is 0.189. The third-order valence-corrected chi connectivity index (χ3v) is 3.22. The number of rotatable bonds is 3. The van der Waals surface area contributed by atoms with E-state index in [1.807, 2.05) is 24.3 Å². The molecular weight excluding hydrogens is 318 g/mol. The van der Waals surface area contributed by atoms with Crippen LogP contribution in [0.25, 0.3) is 0 Å². The fourth-order valence-electron chi connectivity index (χ4n) is 1.35. The molecule has 0 bridgehead atoms. The lowest BCUT2D eigenvalue weighted by Crippen LogP contribution is -2.07. The minimum atomic E-state index is -0.492. The van der Waals surface area contributed by atoms with Gasteiger partial charge in [0.1, 0.15) is 17.5 Å². The van der Waals surface area contributed by atoms with Crippen LogP contribution >= 0.6 is 27.5 Å². The first-order chi connectivity index (χ1) is 8.66. The van der Waals surface area contributed by atoms with Crippen LogP contribution in [0.1, 0.15) is 16.1 Å². The van der Waals surface area contributed by atoms with Crippen LogP contribution in [0.15, 0.2) is 46.9 Å². The molecule has 2 aromatic rings. The van der Waals surface area contributed by atoms with Gasteiger partial charge < -0.3 is 4.74 Å². The summed E-state index contributed by atoms with van der Waals surface area (Å²) >= 11 is 9.09. The van der Waals surface area contributed by atoms with Crippen molar-refractivity contribution in [2.24, 2.45) is 0 Å². The SMILES string of the molecule is O=C(OCc1ccccc1Br)c1cccc(Cl)n1. The number of esters is 1. The Bertz CT molecular complexity index is 574. The van der Waals surface area contributed by atoms with Crippen LogP contribution < -0.4 is 0 Å². The van der Waals surface area contributed by atoms with E-state index in [1.54, 1.807) is 18.2 Å². The molecule has 0 saturated carbocycles. The average molecular weight is 327 g/mol. The van der Waals surface area contributed by atoms with Gasteiger partial charge in [0.15, 0.2) is 0 Å². The van der Waals surface area contributed by atoms with Crippen LogP contribution in [0.4, 0.5) is 0 Å². The molecule has 0 atom stereocenters. The lowest BCUT2D eigenvalue weighted by Gasteiger charge is -2.06. The zero-order chi connectivity index (χ0) is 13.0. The van der Waals surface area contributed by atoms with Gasteiger partial charge in [-0.3, -0.25) is 0 Å². The number of benzene rings is 1. The van der Waals surface area contributed by atoms with E-state index in [-0.39, 0.29) is 17.5 Å². The molecule has 0 aliphatic rings. The molecular formula is C13H9BrClNO2. The molecule has 0 aliphatic heterocycles. The molecule has 18 heavy (non-hydrogen) atoms. The highest BCUT2D eigenvalue weighted by Crippen LogP contribution is 2.17. The van der Waals surface area contributed by atoms with Gasteiger partial charge in [0.2, 0.25) is 0 Å². The molecule has 1 aromatic heterocycles. The molecule has 3 nitrogen and oxygen atoms in total. The van der Waals surface area contributed by atoms with Crippen LogP contribution in [0.5, 0.6) is 0 Å². The first kappa shape index (κ1) is 13.1. The van der Waals surface area contributed by atoms with E-state index < -0.39 is 5.97 Å². The van der Waals surface area contributed by atoms with Gasteiger partial charge in [-0.1, -0.05) is 51.8 Å². The van der Waals surface area contributed by atoms with Gasteiger partial charge in [0, 0.05) is 10.0 Å². The fourth-order valence-corrected chi connectivity index (χ4v) is 1.92. The van der Waals surface area contributed by atoms with Crippen molar-refractivity contribution in [3.63, 3.8) is 0 Å². The predicted molar refractivity (Wildman–Crippen MR) is 72.5 cm³/mol. The standard InChI is InChI=1S/C13H9BrClNO2/c14-10-5-2-1-4-9(10)8-18-13(17)11-6-3-7-12(15)16-11/h1-7H,8H2. The second kappa shape index (κ2) is 5.98. The first-order valence-corrected chi connectivity index (χ1v) is 6.37. The summed E-state index contributed by atoms with van der Waals surface area (Å²) in [7, 11) is 0. The van der Waals surface area contributed by atoms with Gasteiger partial charge in [0.25, 0.3) is 0 Å². The smallest absolute Gasteiger partial charge is 0.357 e. The summed E-state index contributed by atoms with van der Waals surface area (Å²) in [5.41, 5.74) is 1.10. The molecule has 92 valence electrons. The number of halogens is 2. The van der Waals surface area contributed by atoms with Gasteiger partial charge in [-0.15, -0.1) is 0 Å². The Kier molecular flexibility index (Phi) is 4.33. The Morgan fingerprint density at radius 3 is 2.72 bits per heavy atom. The number of carbonyl (C=O) groups is 1. The topological polar surface area (TPSA) is 39.2 Å². The summed E-state index contributed by atoms with van der Waals surface area (Å²) in [6, 6.07) is 12.4. The van der Waals surface area contributed by atoms with Crippen molar-refractivity contribution < 1.29 is 9.53 Å². The maximum Gasteiger partial charge on any atom is 0.357 e. The lowest BCUT2D eigenvalue weighted by atomic mass is 10.2. The van der Waals surface area contributed by atoms with Crippen LogP contribution in [0.2, 0.25) is 5.15 Å². The molecule has 0 radical (unpaired) electrons. The molecule has 0 unspecified atom stereocenters. The molecule has 2 rings (SSSR count). The molecule has 0 aliphatic carbocycles. The highest BCUT2D eigenvalue weighted by Gasteiger charge is 2.10. The molecule has 5 heteroatoms. The van der Waals surface area contributed by atoms with Crippen LogP contribution in [-0.4, -0.2) is 11.0 Å². The predicted octanol–water partition coefficient (Wildman–Crippen LogP) is 3.85. The van der Waals surface area contributed by atoms with Crippen molar-refractivity contribution in [1.29, 1.82) is 0 Å². The van der Waals surface area contributed by atoms with Gasteiger partial charge in [-0.2, -0.15) is 0 Å². The number of aromatic nitrogens is 1. The van der Waals surface area contributed by atoms with Gasteiger partial charge in [0.05, 0.1) is 0 Å². The first-order valence-electron chi connectivity index (χ1n) is 5.20. The molecule has 0 N–H and O–H groups in total. The third-order valence-electron chi connectivity index (χ3n) is 2.24. The highest BCUT2D eigenvalue weighted by atomic mass is 79.9. The van der Waals surface area contributed by atoms with E-state index >= 15 is 0 Å². The summed E-state index contributed by atoms with van der Waals surface area (Å²) in [6.45, 7) is 0.189. The zero-order valence-corrected chi connectivity index (χ0v) is 11.6. The van der Waals surface area contributed by atoms with Crippen molar-refractivity contribution in [3.8, 4) is 0 Å². The van der Waals surface area contributed by atoms with Crippen molar-refractivity contribution >= 4 is 33.5 Å². The van der Waals surface area contributed by atoms with Crippen molar-refractivity contribution in [1.82, 2.24) is 4.98 Å². The summed E-state index contributed by atoms with van der Waals surface area (Å²) in [6.07, 6.45) is 0. The van der Waals surface area contributed by atoms with E-state index in [0.29, 0.717) is 0 Å². The molecule has 0 amide bonds. The Morgan fingerprint density at radius 2 is 2.00 bits per heavy atom. The van der Waals surface area contributed by atoms with E-state index in [4.69, 9.17) is 16.3 Å². The van der Waals surface area contributed by atoms with Gasteiger partial charge in [-0.05, 0) is 18.2 Å². The Balaban J connectivity index is 2.03. The number of ether oxygens (including phenoxy) is 1. The quantitative estimate of drug-likeness (QED) is 0.635. The number of nitrogens with zero attached hydrogens (tertiary/aromatic N) is 1. The van der Waals surface area contributed by atoms with Crippen molar-refractivity contribution in [2.45, 2.75) is 6.61 Å². The third kappa shape index (κ3) is 3.31. The monoisotopic (exact) mass is 325 g/mol. The molecule has 1 heterocycles. The van der Waals surface area contributed by atoms with E-state index in [1.165, 1.54) is 0 Å². The molecule has 0 fully saturated rings. The van der Waals surface area contributed by atoms with Gasteiger partial charge >= 0.3 is 5.97 Å². The van der Waals surface area contributed by atoms with E-state index in [0.717, 1.165) is 10.0 Å². The maximum atomic E-state index is 11.7. The maximum absolute atomic E-state index is 11.7. The van der Waals surface area contributed by atoms with E-state index in [2.05, 4.69) is 20.9 Å². The number of carbonyl (C=O) groups excluding carboxylic acids is 1. The number of hydrogen-bond donors (Lipinski definition) is 0. The summed E-state index contributed by atoms with van der Waals surface area (Å²) < 4.78 is 6.06.